The van der Waals surface area contributed by atoms with E-state index < -0.39 is 17.8 Å². The number of urea groups is 1. The lowest BCUT2D eigenvalue weighted by Gasteiger charge is -2.26. The van der Waals surface area contributed by atoms with Crippen LogP contribution < -0.4 is 24.3 Å². The first-order valence-electron chi connectivity index (χ1n) is 13.8. The number of amides is 4. The molecular formula is C32H32Cl2N2O7. The van der Waals surface area contributed by atoms with Crippen molar-refractivity contribution in [2.24, 2.45) is 0 Å². The second-order valence-electron chi connectivity index (χ2n) is 9.43. The van der Waals surface area contributed by atoms with Crippen LogP contribution in [-0.4, -0.2) is 42.6 Å². The van der Waals surface area contributed by atoms with Gasteiger partial charge in [-0.25, -0.2) is 4.79 Å². The van der Waals surface area contributed by atoms with Crippen molar-refractivity contribution in [2.75, 3.05) is 19.8 Å². The van der Waals surface area contributed by atoms with Gasteiger partial charge in [0.25, 0.3) is 11.8 Å². The molecule has 43 heavy (non-hydrogen) atoms. The third-order valence-corrected chi connectivity index (χ3v) is 6.86. The van der Waals surface area contributed by atoms with Gasteiger partial charge in [-0.15, -0.1) is 0 Å². The molecule has 0 saturated carbocycles. The van der Waals surface area contributed by atoms with Crippen LogP contribution in [0.3, 0.4) is 0 Å². The maximum Gasteiger partial charge on any atom is 0.331 e. The number of rotatable bonds is 13. The Morgan fingerprint density at radius 1 is 0.791 bits per heavy atom. The van der Waals surface area contributed by atoms with Crippen LogP contribution in [-0.2, 0) is 22.7 Å². The van der Waals surface area contributed by atoms with E-state index in [1.807, 2.05) is 20.8 Å². The predicted octanol–water partition coefficient (Wildman–Crippen LogP) is 6.82. The highest BCUT2D eigenvalue weighted by atomic mass is 35.5. The van der Waals surface area contributed by atoms with Crippen molar-refractivity contribution in [3.05, 3.63) is 86.9 Å². The quantitative estimate of drug-likeness (QED) is 0.164. The Bertz CT molecular complexity index is 1540. The molecule has 226 valence electrons. The molecule has 3 aromatic rings. The van der Waals surface area contributed by atoms with Gasteiger partial charge in [0.05, 0.1) is 26.4 Å². The fourth-order valence-electron chi connectivity index (χ4n) is 4.23. The summed E-state index contributed by atoms with van der Waals surface area (Å²) in [5.41, 5.74) is 1.68. The molecule has 4 rings (SSSR count). The lowest BCUT2D eigenvalue weighted by atomic mass is 10.1. The van der Waals surface area contributed by atoms with Gasteiger partial charge in [0, 0.05) is 15.6 Å². The Labute approximate surface area is 260 Å². The number of hydrogen-bond acceptors (Lipinski definition) is 7. The largest absolute Gasteiger partial charge is 0.490 e. The Balaban J connectivity index is 1.55. The van der Waals surface area contributed by atoms with Gasteiger partial charge in [-0.2, -0.15) is 0 Å². The monoisotopic (exact) mass is 626 g/mol. The van der Waals surface area contributed by atoms with E-state index in [2.05, 4.69) is 5.32 Å². The fourth-order valence-corrected chi connectivity index (χ4v) is 4.70. The molecule has 3 aromatic carbocycles. The van der Waals surface area contributed by atoms with Gasteiger partial charge in [-0.05, 0) is 73.9 Å². The van der Waals surface area contributed by atoms with E-state index >= 15 is 0 Å². The first kappa shape index (κ1) is 31.7. The molecule has 0 aromatic heterocycles. The summed E-state index contributed by atoms with van der Waals surface area (Å²) in [6.45, 7) is 7.07. The van der Waals surface area contributed by atoms with Crippen LogP contribution in [0.5, 0.6) is 23.0 Å². The number of halogens is 2. The van der Waals surface area contributed by atoms with E-state index in [0.29, 0.717) is 64.0 Å². The number of barbiturate groups is 1. The number of hydrogen-bond donors (Lipinski definition) is 1. The van der Waals surface area contributed by atoms with Crippen molar-refractivity contribution in [3.8, 4) is 23.0 Å². The predicted molar refractivity (Wildman–Crippen MR) is 164 cm³/mol. The van der Waals surface area contributed by atoms with Crippen LogP contribution in [0, 0.1) is 0 Å². The van der Waals surface area contributed by atoms with Gasteiger partial charge in [-0.3, -0.25) is 19.8 Å². The summed E-state index contributed by atoms with van der Waals surface area (Å²) in [6, 6.07) is 14.5. The number of nitrogens with zero attached hydrogens (tertiary/aromatic N) is 1. The van der Waals surface area contributed by atoms with Gasteiger partial charge in [0.1, 0.15) is 12.2 Å². The molecule has 1 aliphatic heterocycles. The van der Waals surface area contributed by atoms with Crippen molar-refractivity contribution in [1.82, 2.24) is 10.2 Å². The summed E-state index contributed by atoms with van der Waals surface area (Å²) in [5.74, 6) is 0.421. The van der Waals surface area contributed by atoms with Crippen LogP contribution >= 0.6 is 23.2 Å². The maximum atomic E-state index is 13.4. The average Bonchev–Trinajstić information content (AvgIpc) is 2.97. The first-order chi connectivity index (χ1) is 20.7. The molecule has 11 heteroatoms. The number of benzene rings is 3. The molecular weight excluding hydrogens is 595 g/mol. The third kappa shape index (κ3) is 8.00. The Hall–Kier alpha value is -4.21. The highest BCUT2D eigenvalue weighted by molar-refractivity contribution is 6.35. The standard InChI is InChI=1S/C32H32Cl2N2O7/c1-4-13-42-26-12-8-21(16-29(26)41-6-3)18-36-31(38)24(30(37)35-32(36)39)14-20-7-11-27(28(15-20)40-5-2)43-19-22-9-10-23(33)17-25(22)34/h7-12,14-17H,4-6,13,18-19H2,1-3H3,(H,35,37,39)/b24-14+. The SMILES string of the molecule is CCCOc1ccc(CN2C(=O)NC(=O)/C(=C\c3ccc(OCc4ccc(Cl)cc4Cl)c(OCC)c3)C2=O)cc1OCC. The molecule has 4 amide bonds. The van der Waals surface area contributed by atoms with Gasteiger partial charge in [0.15, 0.2) is 23.0 Å². The lowest BCUT2D eigenvalue weighted by Crippen LogP contribution is -2.53. The number of nitrogens with one attached hydrogen (secondary N) is 1. The van der Waals surface area contributed by atoms with Crippen LogP contribution in [0.1, 0.15) is 43.9 Å². The van der Waals surface area contributed by atoms with Gasteiger partial charge >= 0.3 is 6.03 Å². The van der Waals surface area contributed by atoms with Crippen LogP contribution in [0.15, 0.2) is 60.2 Å². The summed E-state index contributed by atoms with van der Waals surface area (Å²) < 4.78 is 23.1. The highest BCUT2D eigenvalue weighted by Crippen LogP contribution is 2.33. The van der Waals surface area contributed by atoms with E-state index in [1.165, 1.54) is 6.08 Å². The minimum Gasteiger partial charge on any atom is -0.490 e. The fraction of sp³-hybridized carbons (Fsp3) is 0.281. The van der Waals surface area contributed by atoms with Gasteiger partial charge in [-0.1, -0.05) is 48.3 Å². The molecule has 1 heterocycles. The second kappa shape index (κ2) is 14.8. The topological polar surface area (TPSA) is 103 Å². The maximum absolute atomic E-state index is 13.4. The lowest BCUT2D eigenvalue weighted by molar-refractivity contribution is -0.130. The molecule has 1 N–H and O–H groups in total. The summed E-state index contributed by atoms with van der Waals surface area (Å²) in [7, 11) is 0. The summed E-state index contributed by atoms with van der Waals surface area (Å²) >= 11 is 12.2. The minimum atomic E-state index is -0.809. The molecule has 9 nitrogen and oxygen atoms in total. The summed E-state index contributed by atoms with van der Waals surface area (Å²) in [6.07, 6.45) is 2.24. The summed E-state index contributed by atoms with van der Waals surface area (Å²) in [5, 5.41) is 3.25. The number of imide groups is 2. The first-order valence-corrected chi connectivity index (χ1v) is 14.6. The van der Waals surface area contributed by atoms with E-state index in [-0.39, 0.29) is 18.7 Å². The molecule has 1 fully saturated rings. The van der Waals surface area contributed by atoms with E-state index in [4.69, 9.17) is 42.1 Å². The van der Waals surface area contributed by atoms with Crippen LogP contribution in [0.25, 0.3) is 6.08 Å². The number of carbonyl (C=O) groups excluding carboxylic acids is 3. The number of ether oxygens (including phenoxy) is 4. The average molecular weight is 628 g/mol. The normalized spacial score (nSPS) is 14.1. The highest BCUT2D eigenvalue weighted by Gasteiger charge is 2.36. The molecule has 0 spiro atoms. The van der Waals surface area contributed by atoms with E-state index in [0.717, 1.165) is 16.9 Å². The second-order valence-corrected chi connectivity index (χ2v) is 10.3. The zero-order valence-corrected chi connectivity index (χ0v) is 25.6. The van der Waals surface area contributed by atoms with Crippen molar-refractivity contribution in [3.63, 3.8) is 0 Å². The Kier molecular flexibility index (Phi) is 10.9. The van der Waals surface area contributed by atoms with Crippen molar-refractivity contribution >= 4 is 47.1 Å². The third-order valence-electron chi connectivity index (χ3n) is 6.27. The van der Waals surface area contributed by atoms with Crippen molar-refractivity contribution in [2.45, 2.75) is 40.3 Å². The Morgan fingerprint density at radius 2 is 1.49 bits per heavy atom. The van der Waals surface area contributed by atoms with E-state index in [1.54, 1.807) is 54.6 Å². The van der Waals surface area contributed by atoms with Crippen molar-refractivity contribution in [1.29, 1.82) is 0 Å². The minimum absolute atomic E-state index is 0.0757. The molecule has 0 radical (unpaired) electrons. The molecule has 0 aliphatic carbocycles. The summed E-state index contributed by atoms with van der Waals surface area (Å²) in [4.78, 5) is 39.8. The van der Waals surface area contributed by atoms with Gasteiger partial charge < -0.3 is 18.9 Å². The zero-order chi connectivity index (χ0) is 30.9. The molecule has 0 bridgehead atoms. The van der Waals surface area contributed by atoms with Gasteiger partial charge in [0.2, 0.25) is 0 Å². The molecule has 0 atom stereocenters. The zero-order valence-electron chi connectivity index (χ0n) is 24.1. The number of carbonyl (C=O) groups is 3. The van der Waals surface area contributed by atoms with Crippen LogP contribution in [0.2, 0.25) is 10.0 Å². The van der Waals surface area contributed by atoms with E-state index in [9.17, 15) is 14.4 Å². The van der Waals surface area contributed by atoms with Crippen LogP contribution in [0.4, 0.5) is 4.79 Å². The smallest absolute Gasteiger partial charge is 0.331 e. The molecule has 0 unspecified atom stereocenters. The van der Waals surface area contributed by atoms with Crippen molar-refractivity contribution < 1.29 is 33.3 Å². The molecule has 1 aliphatic rings. The molecule has 1 saturated heterocycles. The Morgan fingerprint density at radius 3 is 2.19 bits per heavy atom.